The highest BCUT2D eigenvalue weighted by molar-refractivity contribution is 7.86. The molecule has 2 aliphatic carbocycles. The molecule has 2 bridgehead atoms. The fourth-order valence-electron chi connectivity index (χ4n) is 3.02. The largest absolute Gasteiger partial charge is 0.302 e. The normalized spacial score (nSPS) is 38.4. The number of halogens is 1. The Kier molecular flexibility index (Phi) is 2.34. The average Bonchev–Trinajstić information content (AvgIpc) is 2.58. The van der Waals surface area contributed by atoms with Crippen molar-refractivity contribution in [1.82, 2.24) is 0 Å². The summed E-state index contributed by atoms with van der Waals surface area (Å²) in [5, 5.41) is 0. The summed E-state index contributed by atoms with van der Waals surface area (Å²) in [6.07, 6.45) is 5.49. The van der Waals surface area contributed by atoms with Crippen molar-refractivity contribution < 1.29 is 12.3 Å². The zero-order valence-corrected chi connectivity index (χ0v) is 8.39. The molecule has 2 aliphatic rings. The number of hydrogen-bond acceptors (Lipinski definition) is 2. The van der Waals surface area contributed by atoms with Crippen molar-refractivity contribution in [3.63, 3.8) is 0 Å². The molecule has 2 saturated carbocycles. The molecule has 0 aliphatic heterocycles. The summed E-state index contributed by atoms with van der Waals surface area (Å²) in [6, 6.07) is 0. The molecule has 3 atom stereocenters. The lowest BCUT2D eigenvalue weighted by atomic mass is 9.87. The predicted molar refractivity (Wildman–Crippen MR) is 48.4 cm³/mol. The van der Waals surface area contributed by atoms with Gasteiger partial charge in [0.25, 0.3) is 0 Å². The Morgan fingerprint density at radius 1 is 1.23 bits per heavy atom. The van der Waals surface area contributed by atoms with Gasteiger partial charge in [-0.25, -0.2) is 0 Å². The van der Waals surface area contributed by atoms with E-state index in [0.717, 1.165) is 12.3 Å². The molecule has 0 amide bonds. The quantitative estimate of drug-likeness (QED) is 0.663. The molecule has 0 aromatic carbocycles. The third-order valence-electron chi connectivity index (χ3n) is 3.62. The van der Waals surface area contributed by atoms with Gasteiger partial charge in [0.05, 0.1) is 5.75 Å². The summed E-state index contributed by atoms with van der Waals surface area (Å²) < 4.78 is 32.9. The van der Waals surface area contributed by atoms with Crippen molar-refractivity contribution >= 4 is 10.2 Å². The topological polar surface area (TPSA) is 34.1 Å². The Morgan fingerprint density at radius 2 is 2.00 bits per heavy atom. The highest BCUT2D eigenvalue weighted by atomic mass is 32.3. The first-order valence-corrected chi connectivity index (χ1v) is 6.52. The van der Waals surface area contributed by atoms with Gasteiger partial charge >= 0.3 is 10.2 Å². The molecule has 0 spiro atoms. The summed E-state index contributed by atoms with van der Waals surface area (Å²) in [7, 11) is -4.23. The predicted octanol–water partition coefficient (Wildman–Crippen LogP) is 2.11. The van der Waals surface area contributed by atoms with E-state index in [9.17, 15) is 12.3 Å². The molecule has 0 saturated heterocycles. The Hall–Kier alpha value is -0.120. The first-order chi connectivity index (χ1) is 6.04. The first-order valence-electron chi connectivity index (χ1n) is 4.97. The lowest BCUT2D eigenvalue weighted by Crippen LogP contribution is -2.14. The van der Waals surface area contributed by atoms with E-state index in [-0.39, 0.29) is 5.75 Å². The van der Waals surface area contributed by atoms with Gasteiger partial charge in [0.15, 0.2) is 0 Å². The maximum atomic E-state index is 12.3. The number of hydrogen-bond donors (Lipinski definition) is 0. The average molecular weight is 206 g/mol. The molecule has 2 fully saturated rings. The molecule has 13 heavy (non-hydrogen) atoms. The SMILES string of the molecule is O=S(=O)(F)CCC1CC2CCC1C2. The van der Waals surface area contributed by atoms with Crippen LogP contribution in [0, 0.1) is 17.8 Å². The molecule has 0 aromatic heterocycles. The minimum absolute atomic E-state index is 0.263. The van der Waals surface area contributed by atoms with Crippen LogP contribution in [0.3, 0.4) is 0 Å². The molecule has 76 valence electrons. The van der Waals surface area contributed by atoms with Crippen LogP contribution in [0.5, 0.6) is 0 Å². The van der Waals surface area contributed by atoms with Crippen molar-refractivity contribution in [2.24, 2.45) is 17.8 Å². The molecular weight excluding hydrogens is 191 g/mol. The molecule has 0 N–H and O–H groups in total. The molecule has 4 heteroatoms. The molecule has 0 heterocycles. The fraction of sp³-hybridized carbons (Fsp3) is 1.00. The fourth-order valence-corrected chi connectivity index (χ4v) is 3.61. The second-order valence-electron chi connectivity index (χ2n) is 4.47. The third kappa shape index (κ3) is 2.22. The van der Waals surface area contributed by atoms with Crippen LogP contribution in [0.1, 0.15) is 32.1 Å². The van der Waals surface area contributed by atoms with E-state index in [0.29, 0.717) is 18.3 Å². The second kappa shape index (κ2) is 3.23. The van der Waals surface area contributed by atoms with Gasteiger partial charge in [0.2, 0.25) is 0 Å². The number of fused-ring (bicyclic) bond motifs is 2. The van der Waals surface area contributed by atoms with Crippen molar-refractivity contribution in [1.29, 1.82) is 0 Å². The van der Waals surface area contributed by atoms with E-state index in [1.165, 1.54) is 19.3 Å². The first kappa shape index (κ1) is 9.44. The molecule has 3 unspecified atom stereocenters. The van der Waals surface area contributed by atoms with Crippen LogP contribution >= 0.6 is 0 Å². The van der Waals surface area contributed by atoms with Crippen molar-refractivity contribution in [2.45, 2.75) is 32.1 Å². The molecule has 2 rings (SSSR count). The van der Waals surface area contributed by atoms with Gasteiger partial charge in [-0.05, 0) is 43.4 Å². The van der Waals surface area contributed by atoms with Crippen LogP contribution in [0.4, 0.5) is 3.89 Å². The van der Waals surface area contributed by atoms with Gasteiger partial charge in [-0.15, -0.1) is 3.89 Å². The van der Waals surface area contributed by atoms with E-state index in [1.54, 1.807) is 0 Å². The Labute approximate surface area is 78.7 Å². The lowest BCUT2D eigenvalue weighted by molar-refractivity contribution is 0.324. The summed E-state index contributed by atoms with van der Waals surface area (Å²) >= 11 is 0. The molecule has 0 aromatic rings. The van der Waals surface area contributed by atoms with Crippen molar-refractivity contribution in [3.8, 4) is 0 Å². The minimum Gasteiger partial charge on any atom is -0.195 e. The van der Waals surface area contributed by atoms with Crippen LogP contribution < -0.4 is 0 Å². The van der Waals surface area contributed by atoms with Gasteiger partial charge in [-0.3, -0.25) is 0 Å². The lowest BCUT2D eigenvalue weighted by Gasteiger charge is -2.20. The van der Waals surface area contributed by atoms with E-state index >= 15 is 0 Å². The second-order valence-corrected chi connectivity index (χ2v) is 5.95. The minimum atomic E-state index is -4.23. The zero-order chi connectivity index (χ0) is 9.47. The van der Waals surface area contributed by atoms with Crippen LogP contribution in [-0.4, -0.2) is 14.2 Å². The van der Waals surface area contributed by atoms with Crippen LogP contribution in [-0.2, 0) is 10.2 Å². The smallest absolute Gasteiger partial charge is 0.195 e. The van der Waals surface area contributed by atoms with Crippen LogP contribution in [0.15, 0.2) is 0 Å². The van der Waals surface area contributed by atoms with Crippen LogP contribution in [0.25, 0.3) is 0 Å². The van der Waals surface area contributed by atoms with Gasteiger partial charge in [-0.2, -0.15) is 8.42 Å². The van der Waals surface area contributed by atoms with E-state index in [1.807, 2.05) is 0 Å². The van der Waals surface area contributed by atoms with Gasteiger partial charge in [0, 0.05) is 0 Å². The van der Waals surface area contributed by atoms with Gasteiger partial charge < -0.3 is 0 Å². The molecular formula is C9H15FO2S. The summed E-state index contributed by atoms with van der Waals surface area (Å²) in [5.41, 5.74) is 0. The number of rotatable bonds is 3. The Bertz CT molecular complexity index is 286. The van der Waals surface area contributed by atoms with Gasteiger partial charge in [0.1, 0.15) is 0 Å². The van der Waals surface area contributed by atoms with Crippen LogP contribution in [0.2, 0.25) is 0 Å². The molecule has 2 nitrogen and oxygen atoms in total. The van der Waals surface area contributed by atoms with Gasteiger partial charge in [-0.1, -0.05) is 6.42 Å². The van der Waals surface area contributed by atoms with Crippen molar-refractivity contribution in [2.75, 3.05) is 5.75 Å². The standard InChI is InChI=1S/C9H15FO2S/c10-13(11,12)4-3-9-6-7-1-2-8(9)5-7/h7-9H,1-6H2. The molecule has 0 radical (unpaired) electrons. The van der Waals surface area contributed by atoms with E-state index in [2.05, 4.69) is 0 Å². The maximum Gasteiger partial charge on any atom is 0.302 e. The van der Waals surface area contributed by atoms with E-state index < -0.39 is 10.2 Å². The maximum absolute atomic E-state index is 12.3. The summed E-state index contributed by atoms with van der Waals surface area (Å²) in [4.78, 5) is 0. The Balaban J connectivity index is 1.84. The highest BCUT2D eigenvalue weighted by Crippen LogP contribution is 2.49. The third-order valence-corrected chi connectivity index (χ3v) is 4.34. The summed E-state index contributed by atoms with van der Waals surface area (Å²) in [6.45, 7) is 0. The Morgan fingerprint density at radius 3 is 2.46 bits per heavy atom. The summed E-state index contributed by atoms with van der Waals surface area (Å²) in [5.74, 6) is 1.74. The zero-order valence-electron chi connectivity index (χ0n) is 7.58. The van der Waals surface area contributed by atoms with E-state index in [4.69, 9.17) is 0 Å². The van der Waals surface area contributed by atoms with Crippen molar-refractivity contribution in [3.05, 3.63) is 0 Å². The highest BCUT2D eigenvalue weighted by Gasteiger charge is 2.39. The monoisotopic (exact) mass is 206 g/mol.